The number of esters is 1. The molecule has 1 rings (SSSR count). The van der Waals surface area contributed by atoms with Crippen molar-refractivity contribution in [1.29, 1.82) is 0 Å². The van der Waals surface area contributed by atoms with Crippen LogP contribution in [0.25, 0.3) is 0 Å². The first-order valence-electron chi connectivity index (χ1n) is 5.61. The summed E-state index contributed by atoms with van der Waals surface area (Å²) in [6, 6.07) is 5.98. The van der Waals surface area contributed by atoms with Crippen molar-refractivity contribution >= 4 is 21.9 Å². The summed E-state index contributed by atoms with van der Waals surface area (Å²) in [6.45, 7) is 2.03. The maximum atomic E-state index is 13.2. The van der Waals surface area contributed by atoms with E-state index in [1.807, 2.05) is 5.83 Å². The summed E-state index contributed by atoms with van der Waals surface area (Å²) in [7, 11) is 0. The average Bonchev–Trinajstić information content (AvgIpc) is 2.39. The van der Waals surface area contributed by atoms with Crippen LogP contribution >= 0.6 is 15.9 Å². The van der Waals surface area contributed by atoms with Crippen molar-refractivity contribution in [3.63, 3.8) is 0 Å². The molecular formula is C13H18BrFO3. The van der Waals surface area contributed by atoms with Gasteiger partial charge < -0.3 is 9.84 Å². The lowest BCUT2D eigenvalue weighted by Crippen LogP contribution is -2.07. The fraction of sp³-hybridized carbons (Fsp3) is 0.462. The van der Waals surface area contributed by atoms with E-state index in [1.165, 1.54) is 12.1 Å². The molecular weight excluding hydrogens is 303 g/mol. The first kappa shape index (κ1) is 17.1. The van der Waals surface area contributed by atoms with Gasteiger partial charge in [-0.3, -0.25) is 4.79 Å². The summed E-state index contributed by atoms with van der Waals surface area (Å²) in [4.78, 5) is 11.0. The van der Waals surface area contributed by atoms with E-state index < -0.39 is 11.9 Å². The number of alkyl halides is 1. The summed E-state index contributed by atoms with van der Waals surface area (Å²) < 4.78 is 18.0. The molecule has 1 N–H and O–H groups in total. The third-order valence-electron chi connectivity index (χ3n) is 2.19. The predicted octanol–water partition coefficient (Wildman–Crippen LogP) is 3.21. The molecule has 0 aliphatic heterocycles. The normalized spacial score (nSPS) is 11.2. The summed E-state index contributed by atoms with van der Waals surface area (Å²) in [6.07, 6.45) is -0.714. The Hall–Kier alpha value is -0.940. The highest BCUT2D eigenvalue weighted by atomic mass is 79.9. The number of aliphatic hydroxyl groups excluding tert-OH is 1. The van der Waals surface area contributed by atoms with Crippen LogP contribution in [0.15, 0.2) is 24.3 Å². The van der Waals surface area contributed by atoms with Crippen molar-refractivity contribution in [2.75, 3.05) is 12.4 Å². The number of carbonyl (C=O) groups is 1. The van der Waals surface area contributed by atoms with Crippen molar-refractivity contribution in [2.45, 2.75) is 25.9 Å². The fourth-order valence-electron chi connectivity index (χ4n) is 1.39. The van der Waals surface area contributed by atoms with Gasteiger partial charge in [-0.15, -0.1) is 0 Å². The molecule has 0 aromatic heterocycles. The number of aliphatic hydroxyl groups is 1. The highest BCUT2D eigenvalue weighted by molar-refractivity contribution is 9.08. The molecule has 0 aliphatic carbocycles. The lowest BCUT2D eigenvalue weighted by Gasteiger charge is -2.11. The number of rotatable bonds is 5. The molecule has 0 spiro atoms. The average molecular weight is 321 g/mol. The van der Waals surface area contributed by atoms with Crippen LogP contribution in [-0.2, 0) is 9.53 Å². The van der Waals surface area contributed by atoms with Gasteiger partial charge in [-0.25, -0.2) is 4.39 Å². The monoisotopic (exact) mass is 320 g/mol. The third kappa shape index (κ3) is 6.12. The zero-order chi connectivity index (χ0) is 14.0. The zero-order valence-electron chi connectivity index (χ0n) is 10.5. The largest absolute Gasteiger partial charge is 0.466 e. The molecule has 0 aliphatic rings. The van der Waals surface area contributed by atoms with Crippen LogP contribution < -0.4 is 0 Å². The molecule has 0 fully saturated rings. The Labute approximate surface area is 115 Å². The number of halogens is 2. The molecule has 1 atom stereocenters. The lowest BCUT2D eigenvalue weighted by molar-refractivity contribution is -0.143. The van der Waals surface area contributed by atoms with Crippen LogP contribution in [0.3, 0.4) is 0 Å². The number of hydrogen-bond acceptors (Lipinski definition) is 3. The van der Waals surface area contributed by atoms with E-state index in [2.05, 4.69) is 15.9 Å². The maximum absolute atomic E-state index is 13.2. The summed E-state index contributed by atoms with van der Waals surface area (Å²) in [5.41, 5.74) is 0.215. The molecule has 0 heterocycles. The molecule has 0 bridgehead atoms. The molecule has 102 valence electrons. The molecule has 18 heavy (non-hydrogen) atoms. The van der Waals surface area contributed by atoms with Crippen LogP contribution in [0.2, 0.25) is 0 Å². The van der Waals surface area contributed by atoms with E-state index in [-0.39, 0.29) is 24.4 Å². The van der Waals surface area contributed by atoms with Gasteiger partial charge in [0.25, 0.3) is 0 Å². The summed E-state index contributed by atoms with van der Waals surface area (Å²) in [5, 5.41) is 9.67. The van der Waals surface area contributed by atoms with E-state index >= 15 is 0 Å². The molecule has 1 aromatic carbocycles. The summed E-state index contributed by atoms with van der Waals surface area (Å²) >= 11 is 2.94. The van der Waals surface area contributed by atoms with E-state index in [0.717, 1.165) is 0 Å². The van der Waals surface area contributed by atoms with E-state index in [1.54, 1.807) is 19.1 Å². The van der Waals surface area contributed by atoms with Crippen LogP contribution in [-0.4, -0.2) is 23.5 Å². The smallest absolute Gasteiger partial charge is 0.305 e. The Morgan fingerprint density at radius 3 is 2.61 bits per heavy atom. The van der Waals surface area contributed by atoms with E-state index in [9.17, 15) is 14.3 Å². The van der Waals surface area contributed by atoms with Crippen molar-refractivity contribution in [3.05, 3.63) is 35.6 Å². The van der Waals surface area contributed by atoms with Crippen LogP contribution in [0.4, 0.5) is 4.39 Å². The van der Waals surface area contributed by atoms with Gasteiger partial charge in [0.2, 0.25) is 0 Å². The van der Waals surface area contributed by atoms with Gasteiger partial charge in [0.1, 0.15) is 5.82 Å². The van der Waals surface area contributed by atoms with Gasteiger partial charge in [-0.05, 0) is 25.2 Å². The highest BCUT2D eigenvalue weighted by Crippen LogP contribution is 2.21. The fourth-order valence-corrected chi connectivity index (χ4v) is 1.39. The Bertz CT molecular complexity index is 358. The first-order chi connectivity index (χ1) is 8.65. The molecule has 0 saturated heterocycles. The second-order valence-corrected chi connectivity index (χ2v) is 3.38. The molecule has 5 heteroatoms. The van der Waals surface area contributed by atoms with Gasteiger partial charge in [0, 0.05) is 12.0 Å². The molecule has 1 aromatic rings. The number of ether oxygens (including phenoxy) is 1. The topological polar surface area (TPSA) is 46.5 Å². The van der Waals surface area contributed by atoms with Gasteiger partial charge in [0.05, 0.1) is 12.7 Å². The molecule has 1 unspecified atom stereocenters. The SMILES string of the molecule is CBr.CCOC(=O)CCC(O)c1ccccc1F. The zero-order valence-corrected chi connectivity index (χ0v) is 12.1. The molecule has 3 nitrogen and oxygen atoms in total. The standard InChI is InChI=1S/C12H15FO3.CH3Br/c1-2-16-12(15)8-7-11(14)9-5-3-4-6-10(9)13;1-2/h3-6,11,14H,2,7-8H2,1H3;1H3. The van der Waals surface area contributed by atoms with Gasteiger partial charge >= 0.3 is 5.97 Å². The second-order valence-electron chi connectivity index (χ2n) is 3.38. The maximum Gasteiger partial charge on any atom is 0.305 e. The Morgan fingerprint density at radius 2 is 2.06 bits per heavy atom. The molecule has 0 amide bonds. The minimum Gasteiger partial charge on any atom is -0.466 e. The first-order valence-corrected chi connectivity index (χ1v) is 7.19. The van der Waals surface area contributed by atoms with E-state index in [4.69, 9.17) is 4.74 Å². The van der Waals surface area contributed by atoms with Gasteiger partial charge in [-0.2, -0.15) is 0 Å². The molecule has 0 radical (unpaired) electrons. The summed E-state index contributed by atoms with van der Waals surface area (Å²) in [5.74, 6) is 0.976. The van der Waals surface area contributed by atoms with Crippen molar-refractivity contribution in [3.8, 4) is 0 Å². The van der Waals surface area contributed by atoms with Crippen molar-refractivity contribution in [1.82, 2.24) is 0 Å². The Morgan fingerprint density at radius 1 is 1.44 bits per heavy atom. The molecule has 0 saturated carbocycles. The number of carbonyl (C=O) groups excluding carboxylic acids is 1. The number of hydrogen-bond donors (Lipinski definition) is 1. The third-order valence-corrected chi connectivity index (χ3v) is 2.19. The van der Waals surface area contributed by atoms with Crippen LogP contribution in [0.5, 0.6) is 0 Å². The van der Waals surface area contributed by atoms with Crippen molar-refractivity contribution < 1.29 is 19.0 Å². The lowest BCUT2D eigenvalue weighted by atomic mass is 10.0. The minimum atomic E-state index is -0.967. The minimum absolute atomic E-state index is 0.0866. The Balaban J connectivity index is 0.00000137. The van der Waals surface area contributed by atoms with Crippen LogP contribution in [0.1, 0.15) is 31.4 Å². The van der Waals surface area contributed by atoms with Gasteiger partial charge in [-0.1, -0.05) is 34.1 Å². The van der Waals surface area contributed by atoms with Gasteiger partial charge in [0.15, 0.2) is 0 Å². The highest BCUT2D eigenvalue weighted by Gasteiger charge is 2.14. The predicted molar refractivity (Wildman–Crippen MR) is 72.1 cm³/mol. The van der Waals surface area contributed by atoms with Crippen LogP contribution in [0, 0.1) is 5.82 Å². The number of benzene rings is 1. The quantitative estimate of drug-likeness (QED) is 0.669. The second kappa shape index (κ2) is 10.0. The Kier molecular flexibility index (Phi) is 9.50. The van der Waals surface area contributed by atoms with E-state index in [0.29, 0.717) is 6.61 Å². The van der Waals surface area contributed by atoms with Crippen molar-refractivity contribution in [2.24, 2.45) is 0 Å².